The van der Waals surface area contributed by atoms with Gasteiger partial charge in [0.1, 0.15) is 0 Å². The number of nitrogens with one attached hydrogen (secondary N) is 2. The summed E-state index contributed by atoms with van der Waals surface area (Å²) >= 11 is 0. The third-order valence-corrected chi connectivity index (χ3v) is 4.43. The first kappa shape index (κ1) is 11.2. The second-order valence-electron chi connectivity index (χ2n) is 5.69. The summed E-state index contributed by atoms with van der Waals surface area (Å²) in [4.78, 5) is 0. The molecule has 3 heteroatoms. The molecule has 1 aliphatic carbocycles. The van der Waals surface area contributed by atoms with Gasteiger partial charge in [0, 0.05) is 11.6 Å². The number of aromatic amines is 1. The summed E-state index contributed by atoms with van der Waals surface area (Å²) in [5.41, 5.74) is 6.60. The maximum Gasteiger partial charge on any atom is 0.0924 e. The molecule has 2 heterocycles. The van der Waals surface area contributed by atoms with Crippen LogP contribution >= 0.6 is 0 Å². The van der Waals surface area contributed by atoms with E-state index in [4.69, 9.17) is 0 Å². The number of aryl methyl sites for hydroxylation is 2. The van der Waals surface area contributed by atoms with Gasteiger partial charge >= 0.3 is 0 Å². The maximum atomic E-state index is 4.49. The van der Waals surface area contributed by atoms with Crippen LogP contribution in [0.2, 0.25) is 0 Å². The molecule has 0 radical (unpaired) electrons. The quantitative estimate of drug-likeness (QED) is 0.864. The van der Waals surface area contributed by atoms with Gasteiger partial charge < -0.3 is 5.32 Å². The largest absolute Gasteiger partial charge is 0.309 e. The Morgan fingerprint density at radius 3 is 2.89 bits per heavy atom. The molecule has 3 nitrogen and oxygen atoms in total. The van der Waals surface area contributed by atoms with Crippen LogP contribution in [0.4, 0.5) is 0 Å². The van der Waals surface area contributed by atoms with Crippen molar-refractivity contribution in [3.63, 3.8) is 0 Å². The predicted molar refractivity (Wildman–Crippen MR) is 76.0 cm³/mol. The fraction of sp³-hybridized carbons (Fsp3) is 0.438. The summed E-state index contributed by atoms with van der Waals surface area (Å²) in [5.74, 6) is 0. The number of H-pyrrole nitrogens is 1. The minimum atomic E-state index is 0.468. The monoisotopic (exact) mass is 253 g/mol. The molecule has 4 rings (SSSR count). The van der Waals surface area contributed by atoms with Crippen molar-refractivity contribution >= 4 is 0 Å². The lowest BCUT2D eigenvalue weighted by molar-refractivity contribution is 0.625. The number of benzene rings is 1. The van der Waals surface area contributed by atoms with Crippen molar-refractivity contribution in [2.45, 2.75) is 38.1 Å². The SMILES string of the molecule is c1cc2c(cc1-c1cc(C3CCCN3)[nH]n1)CCC2. The molecule has 1 saturated heterocycles. The Kier molecular flexibility index (Phi) is 2.66. The Balaban J connectivity index is 1.65. The summed E-state index contributed by atoms with van der Waals surface area (Å²) in [7, 11) is 0. The molecule has 19 heavy (non-hydrogen) atoms. The summed E-state index contributed by atoms with van der Waals surface area (Å²) in [5, 5.41) is 11.2. The van der Waals surface area contributed by atoms with E-state index in [1.807, 2.05) is 0 Å². The smallest absolute Gasteiger partial charge is 0.0924 e. The van der Waals surface area contributed by atoms with Crippen LogP contribution in [0.15, 0.2) is 24.3 Å². The molecule has 2 aliphatic rings. The van der Waals surface area contributed by atoms with Crippen LogP contribution < -0.4 is 5.32 Å². The van der Waals surface area contributed by atoms with Crippen molar-refractivity contribution in [3.8, 4) is 11.3 Å². The molecule has 0 amide bonds. The highest BCUT2D eigenvalue weighted by Gasteiger charge is 2.19. The second kappa shape index (κ2) is 4.49. The Morgan fingerprint density at radius 2 is 2.00 bits per heavy atom. The third kappa shape index (κ3) is 1.98. The van der Waals surface area contributed by atoms with Crippen molar-refractivity contribution < 1.29 is 0 Å². The zero-order chi connectivity index (χ0) is 12.7. The molecular formula is C16H19N3. The molecule has 1 unspecified atom stereocenters. The Hall–Kier alpha value is -1.61. The number of hydrogen-bond acceptors (Lipinski definition) is 2. The molecule has 0 bridgehead atoms. The highest BCUT2D eigenvalue weighted by Crippen LogP contribution is 2.29. The van der Waals surface area contributed by atoms with Crippen molar-refractivity contribution in [1.82, 2.24) is 15.5 Å². The number of hydrogen-bond donors (Lipinski definition) is 2. The first-order chi connectivity index (χ1) is 9.40. The maximum absolute atomic E-state index is 4.49. The Bertz CT molecular complexity index is 594. The average molecular weight is 253 g/mol. The minimum Gasteiger partial charge on any atom is -0.309 e. The van der Waals surface area contributed by atoms with E-state index < -0.39 is 0 Å². The molecule has 2 N–H and O–H groups in total. The number of rotatable bonds is 2. The highest BCUT2D eigenvalue weighted by molar-refractivity contribution is 5.62. The molecule has 1 fully saturated rings. The first-order valence-electron chi connectivity index (χ1n) is 7.31. The van der Waals surface area contributed by atoms with Crippen molar-refractivity contribution in [2.75, 3.05) is 6.54 Å². The van der Waals surface area contributed by atoms with Gasteiger partial charge in [-0.2, -0.15) is 5.10 Å². The molecule has 1 aromatic heterocycles. The molecular weight excluding hydrogens is 234 g/mol. The Morgan fingerprint density at radius 1 is 1.05 bits per heavy atom. The first-order valence-corrected chi connectivity index (χ1v) is 7.31. The van der Waals surface area contributed by atoms with Crippen LogP contribution in [0.25, 0.3) is 11.3 Å². The topological polar surface area (TPSA) is 40.7 Å². The number of aromatic nitrogens is 2. The standard InChI is InChI=1S/C16H19N3/c1-3-11-6-7-13(9-12(11)4-1)15-10-16(19-18-15)14-5-2-8-17-14/h6-7,9-10,14,17H,1-5,8H2,(H,18,19). The number of nitrogens with zero attached hydrogens (tertiary/aromatic N) is 1. The predicted octanol–water partition coefficient (Wildman–Crippen LogP) is 2.99. The van der Waals surface area contributed by atoms with Gasteiger partial charge in [0.05, 0.1) is 11.4 Å². The van der Waals surface area contributed by atoms with Crippen molar-refractivity contribution in [3.05, 3.63) is 41.1 Å². The molecule has 1 aromatic carbocycles. The molecule has 98 valence electrons. The lowest BCUT2D eigenvalue weighted by Crippen LogP contribution is -2.12. The third-order valence-electron chi connectivity index (χ3n) is 4.43. The van der Waals surface area contributed by atoms with E-state index in [0.717, 1.165) is 12.2 Å². The molecule has 0 saturated carbocycles. The average Bonchev–Trinajstić information content (AvgIpc) is 3.18. The van der Waals surface area contributed by atoms with Gasteiger partial charge in [-0.1, -0.05) is 12.1 Å². The van der Waals surface area contributed by atoms with E-state index in [1.54, 1.807) is 0 Å². The van der Waals surface area contributed by atoms with Gasteiger partial charge in [0.25, 0.3) is 0 Å². The van der Waals surface area contributed by atoms with Gasteiger partial charge in [-0.15, -0.1) is 0 Å². The summed E-state index contributed by atoms with van der Waals surface area (Å²) in [6, 6.07) is 9.49. The molecule has 1 atom stereocenters. The van der Waals surface area contributed by atoms with Crippen LogP contribution in [-0.4, -0.2) is 16.7 Å². The van der Waals surface area contributed by atoms with Crippen LogP contribution in [0, 0.1) is 0 Å². The van der Waals surface area contributed by atoms with Crippen LogP contribution in [0.3, 0.4) is 0 Å². The van der Waals surface area contributed by atoms with E-state index in [2.05, 4.69) is 39.8 Å². The van der Waals surface area contributed by atoms with Gasteiger partial charge in [-0.05, 0) is 61.9 Å². The van der Waals surface area contributed by atoms with Crippen LogP contribution in [0.1, 0.15) is 42.1 Å². The van der Waals surface area contributed by atoms with Gasteiger partial charge in [0.15, 0.2) is 0 Å². The Labute approximate surface area is 113 Å². The fourth-order valence-electron chi connectivity index (χ4n) is 3.34. The summed E-state index contributed by atoms with van der Waals surface area (Å²) in [6.45, 7) is 1.12. The van der Waals surface area contributed by atoms with E-state index >= 15 is 0 Å². The summed E-state index contributed by atoms with van der Waals surface area (Å²) in [6.07, 6.45) is 6.25. The molecule has 2 aromatic rings. The lowest BCUT2D eigenvalue weighted by atomic mass is 10.0. The van der Waals surface area contributed by atoms with E-state index in [9.17, 15) is 0 Å². The zero-order valence-corrected chi connectivity index (χ0v) is 11.1. The molecule has 1 aliphatic heterocycles. The van der Waals surface area contributed by atoms with Crippen molar-refractivity contribution in [1.29, 1.82) is 0 Å². The van der Waals surface area contributed by atoms with E-state index in [1.165, 1.54) is 54.5 Å². The fourth-order valence-corrected chi connectivity index (χ4v) is 3.34. The zero-order valence-electron chi connectivity index (χ0n) is 11.1. The van der Waals surface area contributed by atoms with Gasteiger partial charge in [-0.25, -0.2) is 0 Å². The van der Waals surface area contributed by atoms with Crippen molar-refractivity contribution in [2.24, 2.45) is 0 Å². The van der Waals surface area contributed by atoms with Gasteiger partial charge in [-0.3, -0.25) is 5.10 Å². The van der Waals surface area contributed by atoms with Gasteiger partial charge in [0.2, 0.25) is 0 Å². The highest BCUT2D eigenvalue weighted by atomic mass is 15.1. The van der Waals surface area contributed by atoms with Crippen LogP contribution in [-0.2, 0) is 12.8 Å². The van der Waals surface area contributed by atoms with E-state index in [0.29, 0.717) is 6.04 Å². The molecule has 0 spiro atoms. The van der Waals surface area contributed by atoms with Crippen LogP contribution in [0.5, 0.6) is 0 Å². The van der Waals surface area contributed by atoms with E-state index in [-0.39, 0.29) is 0 Å². The minimum absolute atomic E-state index is 0.468. The second-order valence-corrected chi connectivity index (χ2v) is 5.69. The number of fused-ring (bicyclic) bond motifs is 1. The lowest BCUT2D eigenvalue weighted by Gasteiger charge is -2.05. The normalized spacial score (nSPS) is 21.8. The summed E-state index contributed by atoms with van der Waals surface area (Å²) < 4.78 is 0.